The van der Waals surface area contributed by atoms with E-state index in [4.69, 9.17) is 16.0 Å². The van der Waals surface area contributed by atoms with Gasteiger partial charge in [0.05, 0.1) is 23.0 Å². The second kappa shape index (κ2) is 9.58. The Morgan fingerprint density at radius 2 is 1.86 bits per heavy atom. The Kier molecular flexibility index (Phi) is 7.15. The number of amides is 1. The molecule has 1 fully saturated rings. The summed E-state index contributed by atoms with van der Waals surface area (Å²) in [4.78, 5) is 14.8. The number of rotatable bonds is 8. The van der Waals surface area contributed by atoms with Gasteiger partial charge < -0.3 is 9.73 Å². The van der Waals surface area contributed by atoms with Gasteiger partial charge in [-0.15, -0.1) is 0 Å². The smallest absolute Gasteiger partial charge is 0.221 e. The first-order valence-corrected chi connectivity index (χ1v) is 11.5. The first-order valence-electron chi connectivity index (χ1n) is 9.48. The summed E-state index contributed by atoms with van der Waals surface area (Å²) >= 11 is 5.80. The molecule has 1 aliphatic heterocycles. The predicted octanol–water partition coefficient (Wildman–Crippen LogP) is 3.44. The molecule has 1 aliphatic rings. The number of nitrogens with zero attached hydrogens (tertiary/aromatic N) is 1. The molecule has 0 saturated carbocycles. The number of benzene rings is 1. The van der Waals surface area contributed by atoms with Gasteiger partial charge in [0.15, 0.2) is 9.84 Å². The Bertz CT molecular complexity index is 860. The number of sulfone groups is 1. The molecule has 0 bridgehead atoms. The molecule has 1 atom stereocenters. The van der Waals surface area contributed by atoms with E-state index >= 15 is 0 Å². The van der Waals surface area contributed by atoms with Crippen LogP contribution < -0.4 is 5.32 Å². The highest BCUT2D eigenvalue weighted by Crippen LogP contribution is 2.24. The third kappa shape index (κ3) is 5.59. The summed E-state index contributed by atoms with van der Waals surface area (Å²) in [6, 6.07) is 9.69. The second-order valence-electron chi connectivity index (χ2n) is 6.95. The minimum atomic E-state index is -3.52. The molecule has 1 amide bonds. The van der Waals surface area contributed by atoms with Gasteiger partial charge in [0.25, 0.3) is 0 Å². The Labute approximate surface area is 170 Å². The molecule has 6 nitrogen and oxygen atoms in total. The van der Waals surface area contributed by atoms with E-state index in [9.17, 15) is 13.2 Å². The fourth-order valence-corrected chi connectivity index (χ4v) is 4.77. The van der Waals surface area contributed by atoms with Crippen molar-refractivity contribution in [3.63, 3.8) is 0 Å². The van der Waals surface area contributed by atoms with Crippen molar-refractivity contribution in [1.82, 2.24) is 10.2 Å². The fourth-order valence-electron chi connectivity index (χ4n) is 3.41. The van der Waals surface area contributed by atoms with E-state index in [1.54, 1.807) is 6.26 Å². The zero-order chi connectivity index (χ0) is 20.0. The molecule has 1 N–H and O–H groups in total. The van der Waals surface area contributed by atoms with E-state index < -0.39 is 9.84 Å². The van der Waals surface area contributed by atoms with Crippen LogP contribution in [0.25, 0.3) is 0 Å². The van der Waals surface area contributed by atoms with Crippen molar-refractivity contribution in [2.24, 2.45) is 0 Å². The number of likely N-dealkylation sites (tertiary alicyclic amines) is 1. The maximum atomic E-state index is 12.4. The van der Waals surface area contributed by atoms with Gasteiger partial charge in [-0.1, -0.05) is 18.0 Å². The average Bonchev–Trinajstić information content (AvgIpc) is 3.22. The molecular formula is C20H25ClN2O4S. The van der Waals surface area contributed by atoms with E-state index in [1.807, 2.05) is 12.1 Å². The first-order chi connectivity index (χ1) is 13.5. The van der Waals surface area contributed by atoms with E-state index in [0.29, 0.717) is 11.6 Å². The van der Waals surface area contributed by atoms with Gasteiger partial charge >= 0.3 is 0 Å². The number of halogens is 1. The van der Waals surface area contributed by atoms with Gasteiger partial charge in [-0.25, -0.2) is 8.42 Å². The molecule has 1 unspecified atom stereocenters. The molecule has 3 rings (SSSR count). The maximum absolute atomic E-state index is 12.4. The van der Waals surface area contributed by atoms with Gasteiger partial charge in [0.2, 0.25) is 5.91 Å². The van der Waals surface area contributed by atoms with Crippen LogP contribution in [0.1, 0.15) is 37.5 Å². The van der Waals surface area contributed by atoms with Crippen LogP contribution in [-0.2, 0) is 14.6 Å². The molecule has 1 aromatic heterocycles. The lowest BCUT2D eigenvalue weighted by atomic mass is 10.1. The predicted molar refractivity (Wildman–Crippen MR) is 108 cm³/mol. The number of piperidine rings is 1. The van der Waals surface area contributed by atoms with Crippen LogP contribution in [0.5, 0.6) is 0 Å². The van der Waals surface area contributed by atoms with Gasteiger partial charge in [0, 0.05) is 18.0 Å². The summed E-state index contributed by atoms with van der Waals surface area (Å²) in [5.74, 6) is 0.289. The lowest BCUT2D eigenvalue weighted by Crippen LogP contribution is -2.40. The molecule has 1 saturated heterocycles. The minimum Gasteiger partial charge on any atom is -0.468 e. The Morgan fingerprint density at radius 3 is 2.50 bits per heavy atom. The molecule has 2 aromatic rings. The zero-order valence-electron chi connectivity index (χ0n) is 15.6. The van der Waals surface area contributed by atoms with Crippen molar-refractivity contribution in [1.29, 1.82) is 0 Å². The number of hydrogen-bond acceptors (Lipinski definition) is 5. The number of carbonyl (C=O) groups is 1. The van der Waals surface area contributed by atoms with Gasteiger partial charge in [-0.05, 0) is 62.3 Å². The van der Waals surface area contributed by atoms with Gasteiger partial charge in [-0.3, -0.25) is 9.69 Å². The molecule has 28 heavy (non-hydrogen) atoms. The standard InChI is InChI=1S/C20H25ClN2O4S/c21-16-6-8-17(9-7-16)28(25,26)14-10-20(24)22-15-18(19-5-4-13-27-19)23-11-2-1-3-12-23/h4-9,13,18H,1-3,10-12,14-15H2,(H,22,24). The average molecular weight is 425 g/mol. The SMILES string of the molecule is O=C(CCS(=O)(=O)c1ccc(Cl)cc1)NCC(c1ccco1)N1CCCCC1. The summed E-state index contributed by atoms with van der Waals surface area (Å²) in [5.41, 5.74) is 0. The summed E-state index contributed by atoms with van der Waals surface area (Å²) in [7, 11) is -3.52. The Balaban J connectivity index is 1.55. The molecule has 1 aromatic carbocycles. The van der Waals surface area contributed by atoms with Crippen LogP contribution >= 0.6 is 11.6 Å². The van der Waals surface area contributed by atoms with Crippen LogP contribution in [0.2, 0.25) is 5.02 Å². The van der Waals surface area contributed by atoms with Crippen LogP contribution in [0, 0.1) is 0 Å². The lowest BCUT2D eigenvalue weighted by molar-refractivity contribution is -0.121. The fraction of sp³-hybridized carbons (Fsp3) is 0.450. The minimum absolute atomic E-state index is 0.0351. The van der Waals surface area contributed by atoms with Gasteiger partial charge in [0.1, 0.15) is 5.76 Å². The molecule has 0 aliphatic carbocycles. The second-order valence-corrected chi connectivity index (χ2v) is 9.50. The number of nitrogens with one attached hydrogen (secondary N) is 1. The first kappa shape index (κ1) is 20.9. The lowest BCUT2D eigenvalue weighted by Gasteiger charge is -2.33. The van der Waals surface area contributed by atoms with Gasteiger partial charge in [-0.2, -0.15) is 0 Å². The maximum Gasteiger partial charge on any atom is 0.221 e. The van der Waals surface area contributed by atoms with Crippen LogP contribution in [0.4, 0.5) is 0 Å². The van der Waals surface area contributed by atoms with Crippen molar-refractivity contribution in [2.75, 3.05) is 25.4 Å². The highest BCUT2D eigenvalue weighted by atomic mass is 35.5. The summed E-state index contributed by atoms with van der Waals surface area (Å²) in [6.07, 6.45) is 5.02. The molecule has 0 radical (unpaired) electrons. The van der Waals surface area contributed by atoms with Crippen molar-refractivity contribution in [3.05, 3.63) is 53.4 Å². The van der Waals surface area contributed by atoms with E-state index in [1.165, 1.54) is 30.7 Å². The zero-order valence-corrected chi connectivity index (χ0v) is 17.2. The quantitative estimate of drug-likeness (QED) is 0.702. The monoisotopic (exact) mass is 424 g/mol. The third-order valence-electron chi connectivity index (χ3n) is 4.97. The highest BCUT2D eigenvalue weighted by molar-refractivity contribution is 7.91. The van der Waals surface area contributed by atoms with E-state index in [-0.39, 0.29) is 29.0 Å². The van der Waals surface area contributed by atoms with E-state index in [2.05, 4.69) is 10.2 Å². The van der Waals surface area contributed by atoms with Crippen LogP contribution in [0.3, 0.4) is 0 Å². The van der Waals surface area contributed by atoms with Crippen LogP contribution in [0.15, 0.2) is 52.0 Å². The van der Waals surface area contributed by atoms with Crippen molar-refractivity contribution >= 4 is 27.3 Å². The summed E-state index contributed by atoms with van der Waals surface area (Å²) in [6.45, 7) is 2.33. The van der Waals surface area contributed by atoms with Crippen molar-refractivity contribution in [2.45, 2.75) is 36.6 Å². The summed E-state index contributed by atoms with van der Waals surface area (Å²) in [5, 5.41) is 3.35. The van der Waals surface area contributed by atoms with Crippen LogP contribution in [-0.4, -0.2) is 44.6 Å². The number of furan rings is 1. The molecule has 0 spiro atoms. The Hall–Kier alpha value is -1.83. The third-order valence-corrected chi connectivity index (χ3v) is 6.95. The molecule has 2 heterocycles. The van der Waals surface area contributed by atoms with E-state index in [0.717, 1.165) is 31.7 Å². The molecule has 152 valence electrons. The van der Waals surface area contributed by atoms with Crippen molar-refractivity contribution < 1.29 is 17.6 Å². The Morgan fingerprint density at radius 1 is 1.14 bits per heavy atom. The molecular weight excluding hydrogens is 400 g/mol. The molecule has 8 heteroatoms. The van der Waals surface area contributed by atoms with Crippen molar-refractivity contribution in [3.8, 4) is 0 Å². The topological polar surface area (TPSA) is 79.6 Å². The highest BCUT2D eigenvalue weighted by Gasteiger charge is 2.25. The number of carbonyl (C=O) groups excluding carboxylic acids is 1. The number of hydrogen-bond donors (Lipinski definition) is 1. The largest absolute Gasteiger partial charge is 0.468 e. The normalized spacial score (nSPS) is 16.6. The summed E-state index contributed by atoms with van der Waals surface area (Å²) < 4.78 is 30.3.